The lowest BCUT2D eigenvalue weighted by molar-refractivity contribution is 0.0996. The van der Waals surface area contributed by atoms with E-state index in [1.807, 2.05) is 47.9 Å². The van der Waals surface area contributed by atoms with Crippen molar-refractivity contribution in [3.05, 3.63) is 89.2 Å². The predicted molar refractivity (Wildman–Crippen MR) is 132 cm³/mol. The van der Waals surface area contributed by atoms with Gasteiger partial charge in [-0.3, -0.25) is 13.9 Å². The molecule has 0 radical (unpaired) electrons. The van der Waals surface area contributed by atoms with Crippen molar-refractivity contribution in [1.82, 2.24) is 19.7 Å². The fraction of sp³-hybridized carbons (Fsp3) is 0.231. The van der Waals surface area contributed by atoms with Gasteiger partial charge in [-0.25, -0.2) is 4.98 Å². The molecule has 4 heterocycles. The Bertz CT molecular complexity index is 1580. The Labute approximate surface area is 208 Å². The lowest BCUT2D eigenvalue weighted by Crippen LogP contribution is -2.24. The SMILES string of the molecule is Cc1ccc(S(=O)(=O)OC[C@H]2CCc3nnc(-c4cccc(N5Cc6ccccc6C5=O)n4)n32)cc1. The number of nitrogens with zero attached hydrogens (tertiary/aromatic N) is 5. The summed E-state index contributed by atoms with van der Waals surface area (Å²) in [5.74, 6) is 1.71. The highest BCUT2D eigenvalue weighted by Gasteiger charge is 2.32. The molecule has 9 nitrogen and oxygen atoms in total. The molecular formula is C26H23N5O4S. The monoisotopic (exact) mass is 501 g/mol. The Kier molecular flexibility index (Phi) is 5.42. The molecule has 0 aliphatic carbocycles. The van der Waals surface area contributed by atoms with Crippen LogP contribution < -0.4 is 4.90 Å². The van der Waals surface area contributed by atoms with Gasteiger partial charge in [0.25, 0.3) is 16.0 Å². The number of hydrogen-bond acceptors (Lipinski definition) is 7. The van der Waals surface area contributed by atoms with Crippen LogP contribution in [0.15, 0.2) is 71.6 Å². The van der Waals surface area contributed by atoms with Gasteiger partial charge in [0, 0.05) is 12.0 Å². The Morgan fingerprint density at radius 2 is 1.81 bits per heavy atom. The number of hydrogen-bond donors (Lipinski definition) is 0. The van der Waals surface area contributed by atoms with Gasteiger partial charge in [-0.1, -0.05) is 42.0 Å². The first-order chi connectivity index (χ1) is 17.4. The van der Waals surface area contributed by atoms with Crippen LogP contribution in [-0.4, -0.2) is 40.7 Å². The molecule has 36 heavy (non-hydrogen) atoms. The smallest absolute Gasteiger partial charge is 0.297 e. The number of fused-ring (bicyclic) bond motifs is 2. The number of benzene rings is 2. The van der Waals surface area contributed by atoms with E-state index in [4.69, 9.17) is 9.17 Å². The van der Waals surface area contributed by atoms with E-state index in [2.05, 4.69) is 10.2 Å². The zero-order valence-corrected chi connectivity index (χ0v) is 20.4. The molecule has 2 aliphatic heterocycles. The summed E-state index contributed by atoms with van der Waals surface area (Å²) in [6, 6.07) is 19.3. The predicted octanol–water partition coefficient (Wildman–Crippen LogP) is 3.70. The third-order valence-electron chi connectivity index (χ3n) is 6.62. The van der Waals surface area contributed by atoms with Crippen LogP contribution in [0.4, 0.5) is 5.82 Å². The van der Waals surface area contributed by atoms with Crippen LogP contribution in [-0.2, 0) is 27.3 Å². The molecule has 0 saturated heterocycles. The lowest BCUT2D eigenvalue weighted by atomic mass is 10.1. The highest BCUT2D eigenvalue weighted by atomic mass is 32.2. The van der Waals surface area contributed by atoms with Crippen LogP contribution in [0.5, 0.6) is 0 Å². The second-order valence-electron chi connectivity index (χ2n) is 8.98. The van der Waals surface area contributed by atoms with Crippen LogP contribution in [0.3, 0.4) is 0 Å². The minimum absolute atomic E-state index is 0.0339. The summed E-state index contributed by atoms with van der Waals surface area (Å²) >= 11 is 0. The summed E-state index contributed by atoms with van der Waals surface area (Å²) in [6.45, 7) is 2.32. The third kappa shape index (κ3) is 3.88. The first-order valence-corrected chi connectivity index (χ1v) is 13.1. The molecule has 4 aromatic rings. The molecule has 10 heteroatoms. The minimum Gasteiger partial charge on any atom is -0.304 e. The van der Waals surface area contributed by atoms with Gasteiger partial charge >= 0.3 is 0 Å². The Hall–Kier alpha value is -3.89. The summed E-state index contributed by atoms with van der Waals surface area (Å²) in [5.41, 5.74) is 3.17. The molecule has 0 N–H and O–H groups in total. The van der Waals surface area contributed by atoms with E-state index in [0.717, 1.165) is 17.0 Å². The normalized spacial score (nSPS) is 16.9. The second kappa shape index (κ2) is 8.65. The number of aryl methyl sites for hydroxylation is 2. The Balaban J connectivity index is 1.25. The van der Waals surface area contributed by atoms with E-state index < -0.39 is 10.1 Å². The van der Waals surface area contributed by atoms with Gasteiger partial charge in [0.2, 0.25) is 0 Å². The van der Waals surface area contributed by atoms with Crippen molar-refractivity contribution >= 4 is 21.8 Å². The van der Waals surface area contributed by atoms with Crippen LogP contribution in [0.25, 0.3) is 11.5 Å². The van der Waals surface area contributed by atoms with Gasteiger partial charge in [0.15, 0.2) is 5.82 Å². The van der Waals surface area contributed by atoms with E-state index in [0.29, 0.717) is 42.3 Å². The molecule has 182 valence electrons. The molecule has 0 unspecified atom stereocenters. The number of pyridine rings is 1. The Morgan fingerprint density at radius 1 is 1.00 bits per heavy atom. The van der Waals surface area contributed by atoms with Crippen molar-refractivity contribution in [2.75, 3.05) is 11.5 Å². The molecule has 0 bridgehead atoms. The molecule has 2 aromatic carbocycles. The molecule has 6 rings (SSSR count). The largest absolute Gasteiger partial charge is 0.304 e. The maximum absolute atomic E-state index is 12.9. The quantitative estimate of drug-likeness (QED) is 0.371. The van der Waals surface area contributed by atoms with Gasteiger partial charge in [-0.2, -0.15) is 8.42 Å². The van der Waals surface area contributed by atoms with Crippen molar-refractivity contribution < 1.29 is 17.4 Å². The van der Waals surface area contributed by atoms with E-state index in [1.165, 1.54) is 0 Å². The summed E-state index contributed by atoms with van der Waals surface area (Å²) in [4.78, 5) is 19.4. The zero-order chi connectivity index (χ0) is 24.9. The highest BCUT2D eigenvalue weighted by Crippen LogP contribution is 2.33. The maximum Gasteiger partial charge on any atom is 0.297 e. The summed E-state index contributed by atoms with van der Waals surface area (Å²) < 4.78 is 32.8. The number of rotatable bonds is 6. The van der Waals surface area contributed by atoms with E-state index in [9.17, 15) is 13.2 Å². The van der Waals surface area contributed by atoms with Gasteiger partial charge in [0.05, 0.1) is 24.1 Å². The van der Waals surface area contributed by atoms with Crippen LogP contribution >= 0.6 is 0 Å². The fourth-order valence-electron chi connectivity index (χ4n) is 4.71. The van der Waals surface area contributed by atoms with E-state index >= 15 is 0 Å². The van der Waals surface area contributed by atoms with Crippen molar-refractivity contribution in [2.45, 2.75) is 37.2 Å². The number of aromatic nitrogens is 4. The molecule has 1 atom stereocenters. The molecule has 2 aromatic heterocycles. The van der Waals surface area contributed by atoms with Crippen LogP contribution in [0, 0.1) is 6.92 Å². The number of anilines is 1. The summed E-state index contributed by atoms with van der Waals surface area (Å²) in [7, 11) is -3.89. The molecule has 0 fully saturated rings. The molecule has 1 amide bonds. The van der Waals surface area contributed by atoms with Gasteiger partial charge in [-0.05, 0) is 49.2 Å². The third-order valence-corrected chi connectivity index (χ3v) is 7.92. The van der Waals surface area contributed by atoms with Gasteiger partial charge in [0.1, 0.15) is 17.3 Å². The standard InChI is InChI=1S/C26H23N5O4S/c1-17-9-12-20(13-10-17)36(33,34)35-16-19-11-14-24-28-29-25(31(19)24)22-7-4-8-23(27-22)30-15-18-5-2-3-6-21(18)26(30)32/h2-10,12-13,19H,11,14-16H2,1H3/t19-/m1/s1. The second-order valence-corrected chi connectivity index (χ2v) is 10.6. The first kappa shape index (κ1) is 22.6. The van der Waals surface area contributed by atoms with Crippen molar-refractivity contribution in [1.29, 1.82) is 0 Å². The van der Waals surface area contributed by atoms with Crippen LogP contribution in [0.2, 0.25) is 0 Å². The van der Waals surface area contributed by atoms with Gasteiger partial charge in [-0.15, -0.1) is 10.2 Å². The fourth-order valence-corrected chi connectivity index (χ4v) is 5.66. The van der Waals surface area contributed by atoms with Crippen molar-refractivity contribution in [3.63, 3.8) is 0 Å². The van der Waals surface area contributed by atoms with Crippen LogP contribution in [0.1, 0.15) is 39.8 Å². The highest BCUT2D eigenvalue weighted by molar-refractivity contribution is 7.86. The maximum atomic E-state index is 12.9. The molecule has 0 spiro atoms. The van der Waals surface area contributed by atoms with E-state index in [1.54, 1.807) is 35.2 Å². The average molecular weight is 502 g/mol. The number of carbonyl (C=O) groups excluding carboxylic acids is 1. The minimum atomic E-state index is -3.89. The molecule has 0 saturated carbocycles. The number of carbonyl (C=O) groups is 1. The summed E-state index contributed by atoms with van der Waals surface area (Å²) in [5, 5.41) is 8.64. The Morgan fingerprint density at radius 3 is 2.61 bits per heavy atom. The van der Waals surface area contributed by atoms with Gasteiger partial charge < -0.3 is 4.57 Å². The number of amides is 1. The average Bonchev–Trinajstić information content (AvgIpc) is 3.58. The lowest BCUT2D eigenvalue weighted by Gasteiger charge is -2.17. The van der Waals surface area contributed by atoms with E-state index in [-0.39, 0.29) is 23.5 Å². The van der Waals surface area contributed by atoms with Crippen molar-refractivity contribution in [3.8, 4) is 11.5 Å². The molecular weight excluding hydrogens is 478 g/mol. The molecule has 2 aliphatic rings. The summed E-state index contributed by atoms with van der Waals surface area (Å²) in [6.07, 6.45) is 1.34. The first-order valence-electron chi connectivity index (χ1n) is 11.7. The zero-order valence-electron chi connectivity index (χ0n) is 19.5. The van der Waals surface area contributed by atoms with Crippen molar-refractivity contribution in [2.24, 2.45) is 0 Å². The topological polar surface area (TPSA) is 107 Å².